The molecule has 4 nitrogen and oxygen atoms in total. The molecule has 2 aromatic carbocycles. The van der Waals surface area contributed by atoms with Crippen LogP contribution in [0.3, 0.4) is 0 Å². The molecule has 0 aliphatic carbocycles. The zero-order chi connectivity index (χ0) is 16.6. The van der Waals surface area contributed by atoms with E-state index in [1.165, 1.54) is 12.1 Å². The van der Waals surface area contributed by atoms with Crippen LogP contribution in [0, 0.1) is 5.82 Å². The van der Waals surface area contributed by atoms with Crippen molar-refractivity contribution in [3.05, 3.63) is 70.5 Å². The molecule has 1 aliphatic heterocycles. The molecule has 1 atom stereocenters. The molecule has 0 unspecified atom stereocenters. The molecule has 3 amide bonds. The van der Waals surface area contributed by atoms with E-state index < -0.39 is 11.6 Å². The van der Waals surface area contributed by atoms with Crippen LogP contribution in [0.4, 0.5) is 9.18 Å². The second-order valence-electron chi connectivity index (χ2n) is 5.58. The number of carbonyl (C=O) groups is 2. The molecule has 3 rings (SSSR count). The second-order valence-corrected chi connectivity index (χ2v) is 6.02. The molecule has 2 aromatic rings. The summed E-state index contributed by atoms with van der Waals surface area (Å²) in [6.45, 7) is 1.75. The molecule has 1 fully saturated rings. The number of nitrogens with one attached hydrogen (secondary N) is 1. The molecule has 0 saturated carbocycles. The summed E-state index contributed by atoms with van der Waals surface area (Å²) in [6, 6.07) is 12.0. The third-order valence-electron chi connectivity index (χ3n) is 3.95. The Kier molecular flexibility index (Phi) is 3.82. The molecule has 0 radical (unpaired) electrons. The van der Waals surface area contributed by atoms with Crippen molar-refractivity contribution in [2.45, 2.75) is 19.0 Å². The van der Waals surface area contributed by atoms with Gasteiger partial charge >= 0.3 is 6.03 Å². The lowest BCUT2D eigenvalue weighted by Gasteiger charge is -2.22. The summed E-state index contributed by atoms with van der Waals surface area (Å²) in [7, 11) is 0. The van der Waals surface area contributed by atoms with Crippen LogP contribution in [0.1, 0.15) is 18.1 Å². The number of hydrogen-bond donors (Lipinski definition) is 1. The van der Waals surface area contributed by atoms with Crippen LogP contribution in [0.15, 0.2) is 48.5 Å². The quantitative estimate of drug-likeness (QED) is 0.875. The van der Waals surface area contributed by atoms with Gasteiger partial charge in [0.15, 0.2) is 0 Å². The van der Waals surface area contributed by atoms with Gasteiger partial charge in [0.2, 0.25) is 0 Å². The van der Waals surface area contributed by atoms with Crippen molar-refractivity contribution in [3.8, 4) is 0 Å². The molecule has 0 bridgehead atoms. The first-order valence-electron chi connectivity index (χ1n) is 7.05. The fourth-order valence-corrected chi connectivity index (χ4v) is 2.72. The van der Waals surface area contributed by atoms with Gasteiger partial charge in [-0.15, -0.1) is 0 Å². The van der Waals surface area contributed by atoms with E-state index in [0.717, 1.165) is 4.90 Å². The van der Waals surface area contributed by atoms with Crippen molar-refractivity contribution in [1.82, 2.24) is 10.2 Å². The molecule has 6 heteroatoms. The zero-order valence-corrected chi connectivity index (χ0v) is 13.1. The van der Waals surface area contributed by atoms with Gasteiger partial charge in [0.05, 0.1) is 6.54 Å². The maximum Gasteiger partial charge on any atom is 0.325 e. The lowest BCUT2D eigenvalue weighted by molar-refractivity contribution is -0.131. The predicted octanol–water partition coefficient (Wildman–Crippen LogP) is 3.45. The van der Waals surface area contributed by atoms with E-state index in [9.17, 15) is 14.0 Å². The van der Waals surface area contributed by atoms with Crippen LogP contribution in [-0.2, 0) is 16.9 Å². The van der Waals surface area contributed by atoms with Gasteiger partial charge in [-0.25, -0.2) is 9.18 Å². The summed E-state index contributed by atoms with van der Waals surface area (Å²) in [5.41, 5.74) is 0.193. The van der Waals surface area contributed by atoms with Gasteiger partial charge in [-0.05, 0) is 42.3 Å². The fraction of sp³-hybridized carbons (Fsp3) is 0.176. The van der Waals surface area contributed by atoms with E-state index in [0.29, 0.717) is 16.1 Å². The summed E-state index contributed by atoms with van der Waals surface area (Å²) in [6.07, 6.45) is 0. The first-order valence-corrected chi connectivity index (χ1v) is 7.42. The highest BCUT2D eigenvalue weighted by molar-refractivity contribution is 6.30. The Morgan fingerprint density at radius 3 is 2.30 bits per heavy atom. The molecule has 1 saturated heterocycles. The Labute approximate surface area is 137 Å². The Hall–Kier alpha value is -2.40. The summed E-state index contributed by atoms with van der Waals surface area (Å²) < 4.78 is 13.0. The largest absolute Gasteiger partial charge is 0.325 e. The normalized spacial score (nSPS) is 20.7. The van der Waals surface area contributed by atoms with E-state index in [-0.39, 0.29) is 18.3 Å². The summed E-state index contributed by atoms with van der Waals surface area (Å²) in [5, 5.41) is 3.27. The highest BCUT2D eigenvalue weighted by Gasteiger charge is 2.48. The topological polar surface area (TPSA) is 49.4 Å². The minimum atomic E-state index is -1.14. The smallest absolute Gasteiger partial charge is 0.319 e. The Morgan fingerprint density at radius 1 is 1.09 bits per heavy atom. The standard InChI is InChI=1S/C17H14ClFN2O2/c1-17(12-4-6-13(18)7-5-12)15(22)21(16(23)20-17)10-11-2-8-14(19)9-3-11/h2-9H,10H2,1H3,(H,20,23)/t17-/m1/s1. The Bertz CT molecular complexity index is 761. The third-order valence-corrected chi connectivity index (χ3v) is 4.20. The molecular weight excluding hydrogens is 319 g/mol. The zero-order valence-electron chi connectivity index (χ0n) is 12.3. The number of nitrogens with zero attached hydrogens (tertiary/aromatic N) is 1. The molecule has 118 valence electrons. The van der Waals surface area contributed by atoms with Crippen LogP contribution < -0.4 is 5.32 Å². The minimum Gasteiger partial charge on any atom is -0.319 e. The van der Waals surface area contributed by atoms with Crippen LogP contribution in [0.2, 0.25) is 5.02 Å². The van der Waals surface area contributed by atoms with Crippen molar-refractivity contribution in [2.24, 2.45) is 0 Å². The van der Waals surface area contributed by atoms with E-state index >= 15 is 0 Å². The molecule has 1 N–H and O–H groups in total. The van der Waals surface area contributed by atoms with Crippen molar-refractivity contribution >= 4 is 23.5 Å². The maximum atomic E-state index is 13.0. The number of urea groups is 1. The average molecular weight is 333 g/mol. The minimum absolute atomic E-state index is 0.0914. The Morgan fingerprint density at radius 2 is 1.70 bits per heavy atom. The summed E-state index contributed by atoms with van der Waals surface area (Å²) in [5.74, 6) is -0.717. The third kappa shape index (κ3) is 2.80. The number of carbonyl (C=O) groups excluding carboxylic acids is 2. The number of rotatable bonds is 3. The second kappa shape index (κ2) is 5.66. The SMILES string of the molecule is C[C@]1(c2ccc(Cl)cc2)NC(=O)N(Cc2ccc(F)cc2)C1=O. The Balaban J connectivity index is 1.87. The van der Waals surface area contributed by atoms with Gasteiger partial charge in [0.25, 0.3) is 5.91 Å². The van der Waals surface area contributed by atoms with Gasteiger partial charge < -0.3 is 5.32 Å². The molecule has 1 heterocycles. The number of amides is 3. The molecule has 0 spiro atoms. The van der Waals surface area contributed by atoms with Crippen LogP contribution >= 0.6 is 11.6 Å². The van der Waals surface area contributed by atoms with E-state index in [4.69, 9.17) is 11.6 Å². The van der Waals surface area contributed by atoms with Crippen molar-refractivity contribution in [1.29, 1.82) is 0 Å². The lowest BCUT2D eigenvalue weighted by Crippen LogP contribution is -2.40. The molecule has 0 aromatic heterocycles. The first kappa shape index (κ1) is 15.5. The van der Waals surface area contributed by atoms with Gasteiger partial charge in [0.1, 0.15) is 11.4 Å². The number of imide groups is 1. The van der Waals surface area contributed by atoms with E-state index in [1.807, 2.05) is 0 Å². The average Bonchev–Trinajstić information content (AvgIpc) is 2.74. The van der Waals surface area contributed by atoms with Crippen molar-refractivity contribution in [2.75, 3.05) is 0 Å². The number of halogens is 2. The summed E-state index contributed by atoms with van der Waals surface area (Å²) >= 11 is 5.86. The fourth-order valence-electron chi connectivity index (χ4n) is 2.59. The number of benzene rings is 2. The maximum absolute atomic E-state index is 13.0. The van der Waals surface area contributed by atoms with E-state index in [1.54, 1.807) is 43.3 Å². The van der Waals surface area contributed by atoms with Crippen molar-refractivity contribution in [3.63, 3.8) is 0 Å². The highest BCUT2D eigenvalue weighted by atomic mass is 35.5. The van der Waals surface area contributed by atoms with E-state index in [2.05, 4.69) is 5.32 Å². The highest BCUT2D eigenvalue weighted by Crippen LogP contribution is 2.30. The lowest BCUT2D eigenvalue weighted by atomic mass is 9.92. The molecule has 1 aliphatic rings. The van der Waals surface area contributed by atoms with Crippen molar-refractivity contribution < 1.29 is 14.0 Å². The van der Waals surface area contributed by atoms with Crippen LogP contribution in [0.5, 0.6) is 0 Å². The first-order chi connectivity index (χ1) is 10.9. The van der Waals surface area contributed by atoms with Gasteiger partial charge in [-0.2, -0.15) is 0 Å². The van der Waals surface area contributed by atoms with Gasteiger partial charge in [-0.3, -0.25) is 9.69 Å². The number of hydrogen-bond acceptors (Lipinski definition) is 2. The van der Waals surface area contributed by atoms with Crippen LogP contribution in [0.25, 0.3) is 0 Å². The van der Waals surface area contributed by atoms with Gasteiger partial charge in [-0.1, -0.05) is 35.9 Å². The van der Waals surface area contributed by atoms with Crippen LogP contribution in [-0.4, -0.2) is 16.8 Å². The monoisotopic (exact) mass is 332 g/mol. The summed E-state index contributed by atoms with van der Waals surface area (Å²) in [4.78, 5) is 26.1. The molecule has 23 heavy (non-hydrogen) atoms. The molecular formula is C17H14ClFN2O2. The van der Waals surface area contributed by atoms with Gasteiger partial charge in [0, 0.05) is 5.02 Å². The predicted molar refractivity (Wildman–Crippen MR) is 84.3 cm³/mol.